The van der Waals surface area contributed by atoms with Gasteiger partial charge in [0.1, 0.15) is 16.9 Å². The average Bonchev–Trinajstić information content (AvgIpc) is 3.89. The van der Waals surface area contributed by atoms with Crippen LogP contribution in [0.3, 0.4) is 0 Å². The van der Waals surface area contributed by atoms with E-state index in [0.29, 0.717) is 0 Å². The first-order valence-corrected chi connectivity index (χ1v) is 18.7. The molecule has 53 heavy (non-hydrogen) atoms. The van der Waals surface area contributed by atoms with Crippen molar-refractivity contribution in [1.29, 1.82) is 0 Å². The number of furan rings is 1. The molecule has 0 aliphatic heterocycles. The van der Waals surface area contributed by atoms with Crippen molar-refractivity contribution in [2.75, 3.05) is 0 Å². The zero-order valence-electron chi connectivity index (χ0n) is 28.1. The number of hydrogen-bond acceptors (Lipinski definition) is 4. The van der Waals surface area contributed by atoms with Crippen LogP contribution in [0.15, 0.2) is 156 Å². The summed E-state index contributed by atoms with van der Waals surface area (Å²) in [4.78, 5) is 11.2. The monoisotopic (exact) mass is 691 g/mol. The summed E-state index contributed by atoms with van der Waals surface area (Å²) in [6, 6.07) is 54.4. The van der Waals surface area contributed by atoms with E-state index in [1.165, 1.54) is 52.5 Å². The van der Waals surface area contributed by atoms with Gasteiger partial charge in [0, 0.05) is 52.7 Å². The van der Waals surface area contributed by atoms with Gasteiger partial charge >= 0.3 is 0 Å². The fourth-order valence-electron chi connectivity index (χ4n) is 9.09. The molecule has 13 aromatic rings. The van der Waals surface area contributed by atoms with Gasteiger partial charge in [-0.25, -0.2) is 9.97 Å². The molecular formula is C48H25N3OS. The highest BCUT2D eigenvalue weighted by Gasteiger charge is 2.25. The molecule has 4 heterocycles. The molecule has 9 aromatic carbocycles. The van der Waals surface area contributed by atoms with Crippen molar-refractivity contribution in [3.05, 3.63) is 152 Å². The molecule has 5 heteroatoms. The van der Waals surface area contributed by atoms with Crippen LogP contribution in [0.2, 0.25) is 0 Å². The molecule has 0 unspecified atom stereocenters. The lowest BCUT2D eigenvalue weighted by Gasteiger charge is -2.15. The van der Waals surface area contributed by atoms with Crippen LogP contribution in [0.5, 0.6) is 0 Å². The van der Waals surface area contributed by atoms with Crippen LogP contribution in [-0.2, 0) is 0 Å². The van der Waals surface area contributed by atoms with Crippen LogP contribution >= 0.6 is 11.3 Å². The normalized spacial score (nSPS) is 12.5. The van der Waals surface area contributed by atoms with Gasteiger partial charge in [0.25, 0.3) is 0 Å². The van der Waals surface area contributed by atoms with E-state index < -0.39 is 0 Å². The molecule has 0 aliphatic carbocycles. The van der Waals surface area contributed by atoms with E-state index >= 15 is 0 Å². The Hall–Kier alpha value is -6.82. The van der Waals surface area contributed by atoms with Gasteiger partial charge in [-0.15, -0.1) is 11.3 Å². The van der Waals surface area contributed by atoms with Crippen molar-refractivity contribution < 1.29 is 4.42 Å². The number of nitrogens with zero attached hydrogens (tertiary/aromatic N) is 3. The maximum Gasteiger partial charge on any atom is 0.165 e. The molecule has 0 aliphatic rings. The smallest absolute Gasteiger partial charge is 0.165 e. The molecule has 0 N–H and O–H groups in total. The van der Waals surface area contributed by atoms with Crippen molar-refractivity contribution in [1.82, 2.24) is 14.5 Å². The van der Waals surface area contributed by atoms with Crippen LogP contribution in [-0.4, -0.2) is 14.5 Å². The molecule has 4 aromatic heterocycles. The predicted octanol–water partition coefficient (Wildman–Crippen LogP) is 13.6. The second-order valence-corrected chi connectivity index (χ2v) is 15.1. The van der Waals surface area contributed by atoms with Crippen LogP contribution in [0.1, 0.15) is 0 Å². The molecular weight excluding hydrogens is 667 g/mol. The molecule has 244 valence electrons. The Morgan fingerprint density at radius 1 is 0.453 bits per heavy atom. The number of rotatable bonds is 2. The van der Waals surface area contributed by atoms with E-state index in [9.17, 15) is 0 Å². The van der Waals surface area contributed by atoms with Crippen LogP contribution < -0.4 is 0 Å². The van der Waals surface area contributed by atoms with Gasteiger partial charge < -0.3 is 4.42 Å². The third kappa shape index (κ3) is 3.59. The number of hydrogen-bond donors (Lipinski definition) is 0. The van der Waals surface area contributed by atoms with E-state index in [2.05, 4.69) is 144 Å². The zero-order valence-corrected chi connectivity index (χ0v) is 28.9. The molecule has 0 atom stereocenters. The van der Waals surface area contributed by atoms with Crippen molar-refractivity contribution in [2.24, 2.45) is 0 Å². The first kappa shape index (κ1) is 27.8. The minimum atomic E-state index is 0.809. The Balaban J connectivity index is 1.25. The predicted molar refractivity (Wildman–Crippen MR) is 223 cm³/mol. The van der Waals surface area contributed by atoms with Gasteiger partial charge in [-0.3, -0.25) is 4.57 Å². The highest BCUT2D eigenvalue weighted by atomic mass is 32.1. The van der Waals surface area contributed by atoms with Gasteiger partial charge in [-0.05, 0) is 81.5 Å². The summed E-state index contributed by atoms with van der Waals surface area (Å²) in [5, 5.41) is 14.6. The van der Waals surface area contributed by atoms with Crippen molar-refractivity contribution in [2.45, 2.75) is 0 Å². The second kappa shape index (κ2) is 9.94. The minimum absolute atomic E-state index is 0.809. The lowest BCUT2D eigenvalue weighted by Crippen LogP contribution is -2.04. The quantitative estimate of drug-likeness (QED) is 0.170. The number of para-hydroxylation sites is 1. The maximum absolute atomic E-state index is 6.28. The fourth-order valence-corrected chi connectivity index (χ4v) is 10.2. The fraction of sp³-hybridized carbons (Fsp3) is 0. The number of thiophene rings is 1. The molecule has 13 rings (SSSR count). The van der Waals surface area contributed by atoms with E-state index in [4.69, 9.17) is 14.4 Å². The van der Waals surface area contributed by atoms with Gasteiger partial charge in [-0.1, -0.05) is 97.1 Å². The summed E-state index contributed by atoms with van der Waals surface area (Å²) >= 11 is 1.88. The Bertz CT molecular complexity index is 3700. The van der Waals surface area contributed by atoms with Gasteiger partial charge in [0.05, 0.1) is 22.1 Å². The Kier molecular flexibility index (Phi) is 5.22. The zero-order chi connectivity index (χ0) is 34.4. The van der Waals surface area contributed by atoms with E-state index in [-0.39, 0.29) is 0 Å². The molecule has 4 nitrogen and oxygen atoms in total. The first-order valence-electron chi connectivity index (χ1n) is 17.9. The first-order chi connectivity index (χ1) is 26.3. The molecule has 0 radical (unpaired) electrons. The van der Waals surface area contributed by atoms with Crippen LogP contribution in [0.4, 0.5) is 0 Å². The standard InChI is InChI=1S/C48H25N3OS/c1-2-10-28-26(9-1)19-21-35-47(28)50-46(27-20-23-39-34(25-27)31-13-5-6-17-38(31)52-39)48(49-35)51-36-16-7-14-32-29-11-3-4-12-30(29)33-15-8-18-40-43(33)45-41(53-40)24-22-37(51)44(45)42(32)36/h1-25H. The summed E-state index contributed by atoms with van der Waals surface area (Å²) < 4.78 is 11.3. The lowest BCUT2D eigenvalue weighted by atomic mass is 9.95. The summed E-state index contributed by atoms with van der Waals surface area (Å²) in [6.07, 6.45) is 0. The molecule has 0 saturated heterocycles. The van der Waals surface area contributed by atoms with Gasteiger partial charge in [0.2, 0.25) is 0 Å². The topological polar surface area (TPSA) is 43.9 Å². The van der Waals surface area contributed by atoms with Crippen LogP contribution in [0.25, 0.3) is 124 Å². The summed E-state index contributed by atoms with van der Waals surface area (Å²) in [5.74, 6) is 0.809. The summed E-state index contributed by atoms with van der Waals surface area (Å²) in [5.41, 5.74) is 7.55. The Morgan fingerprint density at radius 3 is 2.04 bits per heavy atom. The molecule has 0 spiro atoms. The van der Waals surface area contributed by atoms with Gasteiger partial charge in [0.15, 0.2) is 5.82 Å². The SMILES string of the molecule is c1ccc2c(c1)ccc1nc(-n3c4cccc5c6ccccc6c6cccc7sc8ccc3c(c8c76)c54)c(-c3ccc4oc5ccccc5c4c3)nc12. The third-order valence-corrected chi connectivity index (χ3v) is 12.4. The summed E-state index contributed by atoms with van der Waals surface area (Å²) in [6.45, 7) is 0. The number of fused-ring (bicyclic) bond motifs is 9. The van der Waals surface area contributed by atoms with Crippen molar-refractivity contribution in [3.8, 4) is 17.1 Å². The van der Waals surface area contributed by atoms with E-state index in [1.807, 2.05) is 23.5 Å². The Morgan fingerprint density at radius 2 is 1.15 bits per heavy atom. The number of aromatic nitrogens is 3. The highest BCUT2D eigenvalue weighted by molar-refractivity contribution is 7.26. The minimum Gasteiger partial charge on any atom is -0.456 e. The summed E-state index contributed by atoms with van der Waals surface area (Å²) in [7, 11) is 0. The third-order valence-electron chi connectivity index (χ3n) is 11.3. The van der Waals surface area contributed by atoms with Crippen LogP contribution in [0, 0.1) is 0 Å². The van der Waals surface area contributed by atoms with E-state index in [0.717, 1.165) is 71.9 Å². The molecule has 0 bridgehead atoms. The van der Waals surface area contributed by atoms with E-state index in [1.54, 1.807) is 0 Å². The largest absolute Gasteiger partial charge is 0.456 e. The molecule has 0 saturated carbocycles. The Labute approximate surface area is 305 Å². The second-order valence-electron chi connectivity index (χ2n) is 14.1. The number of benzene rings is 8. The lowest BCUT2D eigenvalue weighted by molar-refractivity contribution is 0.669. The molecule has 0 fully saturated rings. The van der Waals surface area contributed by atoms with Crippen molar-refractivity contribution >= 4 is 119 Å². The maximum atomic E-state index is 6.28. The highest BCUT2D eigenvalue weighted by Crippen LogP contribution is 2.49. The van der Waals surface area contributed by atoms with Crippen molar-refractivity contribution in [3.63, 3.8) is 0 Å². The average molecular weight is 692 g/mol. The molecule has 0 amide bonds. The van der Waals surface area contributed by atoms with Gasteiger partial charge in [-0.2, -0.15) is 0 Å².